The second-order valence-electron chi connectivity index (χ2n) is 6.93. The molecule has 3 heterocycles. The highest BCUT2D eigenvalue weighted by Crippen LogP contribution is 2.28. The van der Waals surface area contributed by atoms with Crippen molar-refractivity contribution in [3.8, 4) is 0 Å². The van der Waals surface area contributed by atoms with E-state index in [-0.39, 0.29) is 17.9 Å². The number of H-pyrrole nitrogens is 1. The number of carbonyl (C=O) groups excluding carboxylic acids is 4. The number of Topliss-reactive ketones (excluding diaryl/α,β-unsaturated/α-hetero) is 1. The Hall–Kier alpha value is -3.49. The second kappa shape index (κ2) is 7.50. The van der Waals surface area contributed by atoms with Crippen LogP contribution in [-0.4, -0.2) is 51.7 Å². The maximum Gasteiger partial charge on any atom is 0.355 e. The zero-order valence-corrected chi connectivity index (χ0v) is 16.7. The zero-order chi connectivity index (χ0) is 21.3. The van der Waals surface area contributed by atoms with Gasteiger partial charge in [0, 0.05) is 17.5 Å². The van der Waals surface area contributed by atoms with Crippen LogP contribution in [-0.2, 0) is 15.1 Å². The van der Waals surface area contributed by atoms with E-state index in [1.54, 1.807) is 45.9 Å². The van der Waals surface area contributed by atoms with Crippen LogP contribution >= 0.6 is 0 Å². The number of ketones is 1. The molecule has 2 N–H and O–H groups in total. The summed E-state index contributed by atoms with van der Waals surface area (Å²) in [5.74, 6) is -1.59. The summed E-state index contributed by atoms with van der Waals surface area (Å²) in [6, 6.07) is 4.38. The van der Waals surface area contributed by atoms with Gasteiger partial charge in [-0.15, -0.1) is 0 Å². The molecular formula is C20H22N4O5. The quantitative estimate of drug-likeness (QED) is 0.435. The number of nitrogens with zero attached hydrogens (tertiary/aromatic N) is 2. The maximum absolute atomic E-state index is 12.9. The number of hydrogen-bond donors (Lipinski definition) is 2. The molecule has 1 aliphatic rings. The summed E-state index contributed by atoms with van der Waals surface area (Å²) in [6.07, 6.45) is 1.53. The molecule has 1 saturated heterocycles. The number of rotatable bonds is 6. The fraction of sp³-hybridized carbons (Fsp3) is 0.350. The van der Waals surface area contributed by atoms with Crippen LogP contribution in [0.5, 0.6) is 0 Å². The summed E-state index contributed by atoms with van der Waals surface area (Å²) >= 11 is 0. The third-order valence-electron chi connectivity index (χ3n) is 4.95. The molecular weight excluding hydrogens is 376 g/mol. The Kier molecular flexibility index (Phi) is 5.23. The molecule has 152 valence electrons. The molecule has 0 aliphatic carbocycles. The van der Waals surface area contributed by atoms with Crippen LogP contribution in [0.1, 0.15) is 51.6 Å². The van der Waals surface area contributed by atoms with Crippen LogP contribution in [0.3, 0.4) is 0 Å². The van der Waals surface area contributed by atoms with E-state index < -0.39 is 35.8 Å². The molecule has 3 rings (SSSR count). The third kappa shape index (κ3) is 3.39. The zero-order valence-electron chi connectivity index (χ0n) is 16.7. The fourth-order valence-corrected chi connectivity index (χ4v) is 3.47. The molecule has 0 bridgehead atoms. The lowest BCUT2D eigenvalue weighted by Gasteiger charge is -2.20. The van der Waals surface area contributed by atoms with Gasteiger partial charge < -0.3 is 15.0 Å². The van der Waals surface area contributed by atoms with Crippen molar-refractivity contribution in [2.45, 2.75) is 33.2 Å². The Morgan fingerprint density at radius 1 is 1.24 bits per heavy atom. The van der Waals surface area contributed by atoms with Crippen molar-refractivity contribution in [1.82, 2.24) is 20.2 Å². The lowest BCUT2D eigenvalue weighted by atomic mass is 9.97. The van der Waals surface area contributed by atoms with E-state index in [0.29, 0.717) is 17.0 Å². The van der Waals surface area contributed by atoms with Gasteiger partial charge in [-0.2, -0.15) is 0 Å². The Bertz CT molecular complexity index is 998. The number of pyridine rings is 1. The first-order valence-corrected chi connectivity index (χ1v) is 9.15. The van der Waals surface area contributed by atoms with Crippen molar-refractivity contribution in [3.05, 3.63) is 52.6 Å². The van der Waals surface area contributed by atoms with Crippen molar-refractivity contribution >= 4 is 23.7 Å². The van der Waals surface area contributed by atoms with Crippen molar-refractivity contribution in [2.24, 2.45) is 0 Å². The molecule has 9 nitrogen and oxygen atoms in total. The van der Waals surface area contributed by atoms with Crippen LogP contribution in [0.4, 0.5) is 4.79 Å². The fourth-order valence-electron chi connectivity index (χ4n) is 3.47. The molecule has 9 heteroatoms. The van der Waals surface area contributed by atoms with Gasteiger partial charge in [0.2, 0.25) is 0 Å². The van der Waals surface area contributed by atoms with E-state index in [1.807, 2.05) is 0 Å². The smallest absolute Gasteiger partial charge is 0.355 e. The minimum absolute atomic E-state index is 0.184. The molecule has 29 heavy (non-hydrogen) atoms. The Morgan fingerprint density at radius 3 is 2.59 bits per heavy atom. The number of urea groups is 1. The number of imide groups is 1. The average molecular weight is 398 g/mol. The summed E-state index contributed by atoms with van der Waals surface area (Å²) in [5, 5.41) is 2.61. The van der Waals surface area contributed by atoms with Gasteiger partial charge in [0.05, 0.1) is 18.8 Å². The van der Waals surface area contributed by atoms with Crippen LogP contribution < -0.4 is 5.32 Å². The molecule has 2 aromatic rings. The lowest BCUT2D eigenvalue weighted by molar-refractivity contribution is -0.130. The molecule has 1 atom stereocenters. The van der Waals surface area contributed by atoms with Crippen LogP contribution in [0, 0.1) is 13.8 Å². The minimum Gasteiger partial charge on any atom is -0.461 e. The van der Waals surface area contributed by atoms with Crippen molar-refractivity contribution < 1.29 is 23.9 Å². The van der Waals surface area contributed by atoms with Gasteiger partial charge in [0.1, 0.15) is 5.69 Å². The summed E-state index contributed by atoms with van der Waals surface area (Å²) in [6.45, 7) is 6.25. The highest BCUT2D eigenvalue weighted by molar-refractivity contribution is 6.12. The topological polar surface area (TPSA) is 121 Å². The Balaban J connectivity index is 1.86. The van der Waals surface area contributed by atoms with Gasteiger partial charge in [-0.25, -0.2) is 9.59 Å². The number of ether oxygens (including phenoxy) is 1. The first-order valence-electron chi connectivity index (χ1n) is 9.15. The van der Waals surface area contributed by atoms with E-state index in [1.165, 1.54) is 6.20 Å². The van der Waals surface area contributed by atoms with E-state index in [9.17, 15) is 19.2 Å². The molecule has 1 unspecified atom stereocenters. The summed E-state index contributed by atoms with van der Waals surface area (Å²) in [7, 11) is 0. The molecule has 0 saturated carbocycles. The first kappa shape index (κ1) is 20.2. The normalized spacial score (nSPS) is 18.7. The van der Waals surface area contributed by atoms with Crippen molar-refractivity contribution in [3.63, 3.8) is 0 Å². The van der Waals surface area contributed by atoms with E-state index in [2.05, 4.69) is 15.3 Å². The Labute approximate surface area is 167 Å². The highest BCUT2D eigenvalue weighted by Gasteiger charge is 2.50. The number of carbonyl (C=O) groups is 4. The number of esters is 1. The monoisotopic (exact) mass is 398 g/mol. The molecule has 1 fully saturated rings. The summed E-state index contributed by atoms with van der Waals surface area (Å²) in [5.41, 5.74) is 0.368. The number of nitrogens with one attached hydrogen (secondary N) is 2. The number of aromatic amines is 1. The number of aromatic nitrogens is 2. The van der Waals surface area contributed by atoms with Gasteiger partial charge in [0.15, 0.2) is 11.3 Å². The predicted octanol–water partition coefficient (Wildman–Crippen LogP) is 1.85. The third-order valence-corrected chi connectivity index (χ3v) is 4.95. The molecule has 3 amide bonds. The number of hydrogen-bond acceptors (Lipinski definition) is 6. The number of aryl methyl sites for hydroxylation is 1. The summed E-state index contributed by atoms with van der Waals surface area (Å²) in [4.78, 5) is 58.2. The van der Waals surface area contributed by atoms with Crippen LogP contribution in [0.25, 0.3) is 0 Å². The molecule has 0 radical (unpaired) electrons. The molecule has 0 aromatic carbocycles. The SMILES string of the molecule is CCOC(=O)c1[nH]c(C)c(C(=O)CN2C(=O)NC(C)(c3ccccn3)C2=O)c1C. The standard InChI is InChI=1S/C20H22N4O5/c1-5-29-17(26)16-11(2)15(12(3)22-16)13(25)10-24-18(27)20(4,23-19(24)28)14-8-6-7-9-21-14/h6-9,22H,5,10H2,1-4H3,(H,23,28). The number of amides is 3. The second-order valence-corrected chi connectivity index (χ2v) is 6.93. The average Bonchev–Trinajstić information content (AvgIpc) is 3.10. The molecule has 2 aromatic heterocycles. The van der Waals surface area contributed by atoms with Crippen molar-refractivity contribution in [2.75, 3.05) is 13.2 Å². The first-order chi connectivity index (χ1) is 13.7. The van der Waals surface area contributed by atoms with E-state index >= 15 is 0 Å². The maximum atomic E-state index is 12.9. The molecule has 1 aliphatic heterocycles. The van der Waals surface area contributed by atoms with E-state index in [0.717, 1.165) is 4.90 Å². The van der Waals surface area contributed by atoms with Gasteiger partial charge in [0.25, 0.3) is 5.91 Å². The highest BCUT2D eigenvalue weighted by atomic mass is 16.5. The Morgan fingerprint density at radius 2 is 1.97 bits per heavy atom. The predicted molar refractivity (Wildman–Crippen MR) is 102 cm³/mol. The largest absolute Gasteiger partial charge is 0.461 e. The van der Waals surface area contributed by atoms with Gasteiger partial charge >= 0.3 is 12.0 Å². The molecule has 0 spiro atoms. The van der Waals surface area contributed by atoms with Crippen LogP contribution in [0.15, 0.2) is 24.4 Å². The van der Waals surface area contributed by atoms with E-state index in [4.69, 9.17) is 4.74 Å². The minimum atomic E-state index is -1.35. The lowest BCUT2D eigenvalue weighted by Crippen LogP contribution is -2.42. The van der Waals surface area contributed by atoms with Gasteiger partial charge in [-0.05, 0) is 45.4 Å². The van der Waals surface area contributed by atoms with Gasteiger partial charge in [-0.1, -0.05) is 6.07 Å². The van der Waals surface area contributed by atoms with Crippen LogP contribution in [0.2, 0.25) is 0 Å². The van der Waals surface area contributed by atoms with Crippen molar-refractivity contribution in [1.29, 1.82) is 0 Å². The van der Waals surface area contributed by atoms with Gasteiger partial charge in [-0.3, -0.25) is 19.5 Å². The summed E-state index contributed by atoms with van der Waals surface area (Å²) < 4.78 is 4.98.